The quantitative estimate of drug-likeness (QED) is 0.734. The molecular formula is C10H14N2O3S. The topological polar surface area (TPSA) is 103 Å². The van der Waals surface area contributed by atoms with Crippen molar-refractivity contribution in [3.05, 3.63) is 24.3 Å². The van der Waals surface area contributed by atoms with Crippen molar-refractivity contribution < 1.29 is 13.2 Å². The second kappa shape index (κ2) is 4.52. The number of nitrogen functional groups attached to an aromatic ring is 1. The van der Waals surface area contributed by atoms with Gasteiger partial charge < -0.3 is 11.5 Å². The molecule has 1 aromatic rings. The molecular weight excluding hydrogens is 228 g/mol. The minimum Gasteiger partial charge on any atom is -0.398 e. The number of nitrogens with two attached hydrogens (primary N) is 2. The van der Waals surface area contributed by atoms with Gasteiger partial charge in [0.05, 0.1) is 16.3 Å². The van der Waals surface area contributed by atoms with Gasteiger partial charge in [0, 0.05) is 5.92 Å². The molecule has 0 aromatic heterocycles. The highest BCUT2D eigenvalue weighted by Crippen LogP contribution is 2.20. The number of carbonyl (C=O) groups is 1. The standard InChI is InChI=1S/C10H14N2O3S/c1-7(10(12)13)6-16(14,15)9-5-3-2-4-8(9)11/h2-5,7H,6,11H2,1H3,(H2,12,13). The minimum atomic E-state index is -3.56. The molecule has 16 heavy (non-hydrogen) atoms. The van der Waals surface area contributed by atoms with Crippen LogP contribution in [-0.2, 0) is 14.6 Å². The number of rotatable bonds is 4. The van der Waals surface area contributed by atoms with Crippen LogP contribution in [0.3, 0.4) is 0 Å². The fraction of sp³-hybridized carbons (Fsp3) is 0.300. The molecule has 1 atom stereocenters. The summed E-state index contributed by atoms with van der Waals surface area (Å²) in [4.78, 5) is 10.9. The Kier molecular flexibility index (Phi) is 3.54. The van der Waals surface area contributed by atoms with E-state index in [0.29, 0.717) is 0 Å². The monoisotopic (exact) mass is 242 g/mol. The summed E-state index contributed by atoms with van der Waals surface area (Å²) in [5.41, 5.74) is 10.8. The fourth-order valence-electron chi connectivity index (χ4n) is 1.26. The second-order valence-corrected chi connectivity index (χ2v) is 5.63. The van der Waals surface area contributed by atoms with Gasteiger partial charge in [0.15, 0.2) is 9.84 Å². The first-order valence-electron chi connectivity index (χ1n) is 4.71. The van der Waals surface area contributed by atoms with Crippen molar-refractivity contribution >= 4 is 21.4 Å². The molecule has 0 aliphatic rings. The maximum absolute atomic E-state index is 11.9. The number of para-hydroxylation sites is 1. The summed E-state index contributed by atoms with van der Waals surface area (Å²) in [6.07, 6.45) is 0. The molecule has 4 N–H and O–H groups in total. The predicted octanol–water partition coefficient (Wildman–Crippen LogP) is 0.164. The van der Waals surface area contributed by atoms with E-state index in [9.17, 15) is 13.2 Å². The number of hydrogen-bond acceptors (Lipinski definition) is 4. The summed E-state index contributed by atoms with van der Waals surface area (Å²) in [7, 11) is -3.56. The Bertz CT molecular complexity index is 497. The maximum atomic E-state index is 11.9. The molecule has 1 unspecified atom stereocenters. The van der Waals surface area contributed by atoms with Gasteiger partial charge in [-0.3, -0.25) is 4.79 Å². The number of sulfone groups is 1. The van der Waals surface area contributed by atoms with Gasteiger partial charge in [-0.2, -0.15) is 0 Å². The van der Waals surface area contributed by atoms with E-state index in [1.54, 1.807) is 12.1 Å². The van der Waals surface area contributed by atoms with Crippen LogP contribution in [0.2, 0.25) is 0 Å². The Morgan fingerprint density at radius 3 is 2.44 bits per heavy atom. The van der Waals surface area contributed by atoms with Crippen molar-refractivity contribution in [2.24, 2.45) is 11.7 Å². The smallest absolute Gasteiger partial charge is 0.221 e. The van der Waals surface area contributed by atoms with Crippen LogP contribution >= 0.6 is 0 Å². The largest absolute Gasteiger partial charge is 0.398 e. The van der Waals surface area contributed by atoms with Crippen LogP contribution in [0.25, 0.3) is 0 Å². The highest BCUT2D eigenvalue weighted by molar-refractivity contribution is 7.91. The van der Waals surface area contributed by atoms with Crippen molar-refractivity contribution in [3.8, 4) is 0 Å². The number of anilines is 1. The summed E-state index contributed by atoms with van der Waals surface area (Å²) in [5.74, 6) is -1.70. The van der Waals surface area contributed by atoms with E-state index in [-0.39, 0.29) is 16.3 Å². The highest BCUT2D eigenvalue weighted by Gasteiger charge is 2.23. The van der Waals surface area contributed by atoms with E-state index >= 15 is 0 Å². The maximum Gasteiger partial charge on any atom is 0.221 e. The summed E-state index contributed by atoms with van der Waals surface area (Å²) >= 11 is 0. The molecule has 5 nitrogen and oxygen atoms in total. The van der Waals surface area contributed by atoms with Crippen LogP contribution < -0.4 is 11.5 Å². The van der Waals surface area contributed by atoms with Gasteiger partial charge in [-0.15, -0.1) is 0 Å². The van der Waals surface area contributed by atoms with Crippen LogP contribution in [0.1, 0.15) is 6.92 Å². The molecule has 0 spiro atoms. The molecule has 0 heterocycles. The van der Waals surface area contributed by atoms with Crippen LogP contribution in [0.15, 0.2) is 29.2 Å². The summed E-state index contributed by atoms with van der Waals surface area (Å²) in [6, 6.07) is 6.14. The van der Waals surface area contributed by atoms with Gasteiger partial charge in [-0.25, -0.2) is 8.42 Å². The van der Waals surface area contributed by atoms with E-state index in [2.05, 4.69) is 0 Å². The molecule has 6 heteroatoms. The van der Waals surface area contributed by atoms with Crippen LogP contribution in [0.5, 0.6) is 0 Å². The van der Waals surface area contributed by atoms with Gasteiger partial charge >= 0.3 is 0 Å². The molecule has 0 aliphatic heterocycles. The number of primary amides is 1. The Morgan fingerprint density at radius 2 is 1.94 bits per heavy atom. The van der Waals surface area contributed by atoms with Gasteiger partial charge in [-0.05, 0) is 12.1 Å². The SMILES string of the molecule is CC(CS(=O)(=O)c1ccccc1N)C(N)=O. The summed E-state index contributed by atoms with van der Waals surface area (Å²) in [5, 5.41) is 0. The third kappa shape index (κ3) is 2.73. The van der Waals surface area contributed by atoms with Crippen LogP contribution in [0, 0.1) is 5.92 Å². The molecule has 1 rings (SSSR count). The minimum absolute atomic E-state index is 0.0445. The van der Waals surface area contributed by atoms with Crippen molar-refractivity contribution in [1.82, 2.24) is 0 Å². The molecule has 0 saturated heterocycles. The molecule has 0 aliphatic carbocycles. The number of amides is 1. The lowest BCUT2D eigenvalue weighted by atomic mass is 10.2. The molecule has 0 saturated carbocycles. The average molecular weight is 242 g/mol. The lowest BCUT2D eigenvalue weighted by Crippen LogP contribution is -2.27. The normalized spacial score (nSPS) is 13.3. The third-order valence-electron chi connectivity index (χ3n) is 2.21. The van der Waals surface area contributed by atoms with Gasteiger partial charge in [0.1, 0.15) is 0 Å². The summed E-state index contributed by atoms with van der Waals surface area (Å²) in [6.45, 7) is 1.47. The molecule has 1 aromatic carbocycles. The fourth-order valence-corrected chi connectivity index (χ4v) is 2.98. The van der Waals surface area contributed by atoms with Crippen LogP contribution in [-0.4, -0.2) is 20.1 Å². The highest BCUT2D eigenvalue weighted by atomic mass is 32.2. The second-order valence-electron chi connectivity index (χ2n) is 3.62. The van der Waals surface area contributed by atoms with Crippen molar-refractivity contribution in [3.63, 3.8) is 0 Å². The van der Waals surface area contributed by atoms with Gasteiger partial charge in [-0.1, -0.05) is 19.1 Å². The molecule has 88 valence electrons. The molecule has 1 amide bonds. The number of carbonyl (C=O) groups excluding carboxylic acids is 1. The Morgan fingerprint density at radius 1 is 1.38 bits per heavy atom. The zero-order valence-corrected chi connectivity index (χ0v) is 9.70. The van der Waals surface area contributed by atoms with Gasteiger partial charge in [0.2, 0.25) is 5.91 Å². The average Bonchev–Trinajstić information content (AvgIpc) is 2.17. The molecule has 0 fully saturated rings. The van der Waals surface area contributed by atoms with Gasteiger partial charge in [0.25, 0.3) is 0 Å². The zero-order valence-electron chi connectivity index (χ0n) is 8.88. The molecule has 0 bridgehead atoms. The lowest BCUT2D eigenvalue weighted by Gasteiger charge is -2.10. The first kappa shape index (κ1) is 12.5. The van der Waals surface area contributed by atoms with E-state index in [4.69, 9.17) is 11.5 Å². The van der Waals surface area contributed by atoms with Crippen LogP contribution in [0.4, 0.5) is 5.69 Å². The number of hydrogen-bond donors (Lipinski definition) is 2. The number of benzene rings is 1. The van der Waals surface area contributed by atoms with E-state index in [1.807, 2.05) is 0 Å². The Balaban J connectivity index is 3.04. The Hall–Kier alpha value is -1.56. The van der Waals surface area contributed by atoms with Crippen molar-refractivity contribution in [2.45, 2.75) is 11.8 Å². The first-order chi connectivity index (χ1) is 7.34. The predicted molar refractivity (Wildman–Crippen MR) is 61.3 cm³/mol. The first-order valence-corrected chi connectivity index (χ1v) is 6.36. The van der Waals surface area contributed by atoms with Crippen molar-refractivity contribution in [2.75, 3.05) is 11.5 Å². The van der Waals surface area contributed by atoms with E-state index in [1.165, 1.54) is 19.1 Å². The third-order valence-corrected chi connectivity index (χ3v) is 4.19. The zero-order chi connectivity index (χ0) is 12.3. The van der Waals surface area contributed by atoms with E-state index in [0.717, 1.165) is 0 Å². The Labute approximate surface area is 94.4 Å². The summed E-state index contributed by atoms with van der Waals surface area (Å²) < 4.78 is 23.8. The lowest BCUT2D eigenvalue weighted by molar-refractivity contribution is -0.120. The van der Waals surface area contributed by atoms with Crippen molar-refractivity contribution in [1.29, 1.82) is 0 Å². The van der Waals surface area contributed by atoms with E-state index < -0.39 is 21.7 Å². The molecule has 0 radical (unpaired) electrons.